The van der Waals surface area contributed by atoms with Crippen molar-refractivity contribution in [2.45, 2.75) is 485 Å². The minimum Gasteiger partial charge on any atom is -0.477 e. The summed E-state index contributed by atoms with van der Waals surface area (Å²) in [6.07, 6.45) is -39.3. The van der Waals surface area contributed by atoms with Crippen molar-refractivity contribution in [3.8, 4) is 0 Å². The number of carbonyl (C=O) groups is 8. The number of hydrogen-bond acceptors (Lipinski definition) is 42. The maximum Gasteiger partial charge on any atom is 0.364 e. The van der Waals surface area contributed by atoms with Gasteiger partial charge >= 0.3 is 17.9 Å². The van der Waals surface area contributed by atoms with E-state index in [9.17, 15) is 156 Å². The monoisotopic (exact) mass is 2100 g/mol. The van der Waals surface area contributed by atoms with Crippen LogP contribution in [0.3, 0.4) is 0 Å². The molecule has 38 atom stereocenters. The summed E-state index contributed by atoms with van der Waals surface area (Å²) < 4.78 is 85.4. The molecule has 7 aliphatic rings. The summed E-state index contributed by atoms with van der Waals surface area (Å²) in [7, 11) is 0. The van der Waals surface area contributed by atoms with Gasteiger partial charge in [-0.3, -0.25) is 24.0 Å². The van der Waals surface area contributed by atoms with Crippen LogP contribution >= 0.6 is 0 Å². The SMILES string of the molecule is CCCCCCCCCCCCCC=CCC(COC1OC(CO)C(OC2OC(CO)C(OC3OC(CO)CC(OC4OC(CO)C(O)C(OC5(C(=O)O)CC(O)C(NC(C)=O)C(C(O)C(O)CO)O5)C4O)C3NC(C)=O)C(OC3(C(=O)O)CC(O)C(NC(C)=O)C(C(O)C(CO)OC4(C(=O)O)CC(O)C(NC(C)=O)C(C(O)C(O)CO)O4)O3)C2O)C(O)C1O)NC(=O)CCCCCCCCCCCCCCCCC. The molecule has 0 aromatic rings. The topological polar surface area (TPSA) is 791 Å². The summed E-state index contributed by atoms with van der Waals surface area (Å²) in [4.78, 5) is 107. The Morgan fingerprint density at radius 2 is 0.772 bits per heavy atom. The first-order chi connectivity index (χ1) is 69.0. The fourth-order valence-corrected chi connectivity index (χ4v) is 19.4. The molecule has 0 radical (unpaired) electrons. The molecule has 7 rings (SSSR count). The minimum atomic E-state index is -3.75. The maximum atomic E-state index is 14.6. The van der Waals surface area contributed by atoms with Gasteiger partial charge in [-0.25, -0.2) is 14.4 Å². The van der Waals surface area contributed by atoms with Crippen molar-refractivity contribution < 1.29 is 222 Å². The van der Waals surface area contributed by atoms with Crippen molar-refractivity contribution >= 4 is 47.4 Å². The molecule has 840 valence electrons. The molecule has 5 amide bonds. The molecule has 0 spiro atoms. The minimum absolute atomic E-state index is 0.174. The number of amides is 5. The molecule has 7 fully saturated rings. The van der Waals surface area contributed by atoms with E-state index in [-0.39, 0.29) is 25.4 Å². The average molecular weight is 2100 g/mol. The van der Waals surface area contributed by atoms with E-state index < -0.39 is 345 Å². The second-order valence-corrected chi connectivity index (χ2v) is 39.0. The zero-order valence-corrected chi connectivity index (χ0v) is 83.6. The lowest BCUT2D eigenvalue weighted by atomic mass is 9.87. The smallest absolute Gasteiger partial charge is 0.364 e. The maximum absolute atomic E-state index is 14.6. The van der Waals surface area contributed by atoms with Crippen LogP contribution in [-0.4, -0.2) is 449 Å². The molecular formula is C95H165N5O45. The Kier molecular flexibility index (Phi) is 54.7. The fourth-order valence-electron chi connectivity index (χ4n) is 19.4. The first kappa shape index (κ1) is 126. The molecule has 0 bridgehead atoms. The van der Waals surface area contributed by atoms with Crippen LogP contribution in [0, 0.1) is 0 Å². The third-order valence-corrected chi connectivity index (χ3v) is 27.3. The molecule has 50 heteroatoms. The van der Waals surface area contributed by atoms with Gasteiger partial charge in [0.05, 0.1) is 108 Å². The lowest BCUT2D eigenvalue weighted by Gasteiger charge is -2.53. The number of ether oxygens (including phenoxy) is 14. The van der Waals surface area contributed by atoms with Crippen LogP contribution in [0.1, 0.15) is 253 Å². The number of carboxylic acid groups (broad SMARTS) is 3. The number of aliphatic carboxylic acids is 3. The van der Waals surface area contributed by atoms with Gasteiger partial charge in [0.25, 0.3) is 17.4 Å². The molecule has 0 saturated carbocycles. The highest BCUT2D eigenvalue weighted by Crippen LogP contribution is 2.45. The molecule has 28 N–H and O–H groups in total. The standard InChI is InChI=1S/C95H165N5O45/c1-7-9-11-13-15-17-19-21-23-25-27-29-31-33-35-37-66(117)100-54(36-34-32-30-28-26-24-22-20-18-16-14-12-10-8-2)49-132-87-76(123)75(122)79(64(47-106)136-87)138-89-78(125)85(145-95(92(130)131)41-58(114)69(98-52(5)110)83(143-95)74(121)63(46-105)140-93(90(126)127)39-56(112)67(96-50(3)108)81(141-93)71(118)59(115)43-102)80(65(48-107)137-89)139-86-70(99-53(6)111)61(38-55(42-101)133-86)134-88-77(124)84(73(120)62(45-104)135-88)144-94(91(128)129)40-57(113)68(97-51(4)109)82(142-94)72(119)60(116)44-103/h32,34,54-65,67-89,101-107,112-116,118-125H,7-31,33,35-49H2,1-6H3,(H,96,108)(H,97,109)(H,98,110)(H,99,111)(H,100,117)(H,126,127)(H,128,129)(H,130,131). The second-order valence-electron chi connectivity index (χ2n) is 39.0. The molecule has 50 nitrogen and oxygen atoms in total. The van der Waals surface area contributed by atoms with Crippen LogP contribution in [0.2, 0.25) is 0 Å². The number of carboxylic acids is 3. The van der Waals surface area contributed by atoms with Gasteiger partial charge in [-0.15, -0.1) is 0 Å². The van der Waals surface area contributed by atoms with Crippen LogP contribution in [0.25, 0.3) is 0 Å². The van der Waals surface area contributed by atoms with Gasteiger partial charge in [-0.05, 0) is 25.7 Å². The zero-order valence-electron chi connectivity index (χ0n) is 83.6. The highest BCUT2D eigenvalue weighted by Gasteiger charge is 2.66. The van der Waals surface area contributed by atoms with Gasteiger partial charge in [-0.2, -0.15) is 0 Å². The average Bonchev–Trinajstić information content (AvgIpc) is 0.767. The molecule has 0 aromatic carbocycles. The summed E-state index contributed by atoms with van der Waals surface area (Å²) in [6.45, 7) is -1.26. The van der Waals surface area contributed by atoms with E-state index in [1.54, 1.807) is 0 Å². The molecule has 0 aliphatic carbocycles. The van der Waals surface area contributed by atoms with E-state index in [1.807, 2.05) is 12.2 Å². The van der Waals surface area contributed by atoms with Crippen LogP contribution < -0.4 is 26.6 Å². The summed E-state index contributed by atoms with van der Waals surface area (Å²) in [5.41, 5.74) is 0. The molecular weight excluding hydrogens is 1930 g/mol. The Hall–Kier alpha value is -5.86. The van der Waals surface area contributed by atoms with E-state index in [2.05, 4.69) is 40.4 Å². The summed E-state index contributed by atoms with van der Waals surface area (Å²) in [6, 6.07) is -8.50. The molecule has 7 aliphatic heterocycles. The number of unbranched alkanes of at least 4 members (excludes halogenated alkanes) is 25. The predicted molar refractivity (Wildman–Crippen MR) is 498 cm³/mol. The third kappa shape index (κ3) is 36.4. The zero-order chi connectivity index (χ0) is 107. The molecule has 145 heavy (non-hydrogen) atoms. The number of nitrogens with one attached hydrogen (secondary N) is 5. The fraction of sp³-hybridized carbons (Fsp3) is 0.895. The number of rotatable bonds is 66. The normalized spacial score (nSPS) is 35.1. The van der Waals surface area contributed by atoms with E-state index in [1.165, 1.54) is 96.3 Å². The third-order valence-electron chi connectivity index (χ3n) is 27.3. The van der Waals surface area contributed by atoms with E-state index >= 15 is 0 Å². The van der Waals surface area contributed by atoms with Gasteiger partial charge in [-0.1, -0.05) is 180 Å². The van der Waals surface area contributed by atoms with Crippen molar-refractivity contribution in [3.05, 3.63) is 12.2 Å². The van der Waals surface area contributed by atoms with Crippen LogP contribution in [-0.2, 0) is 105 Å². The molecule has 7 saturated heterocycles. The van der Waals surface area contributed by atoms with Crippen molar-refractivity contribution in [3.63, 3.8) is 0 Å². The predicted octanol–water partition coefficient (Wildman–Crippen LogP) is -4.64. The quantitative estimate of drug-likeness (QED) is 0.0201. The van der Waals surface area contributed by atoms with Crippen LogP contribution in [0.5, 0.6) is 0 Å². The first-order valence-electron chi connectivity index (χ1n) is 51.1. The largest absolute Gasteiger partial charge is 0.477 e. The van der Waals surface area contributed by atoms with E-state index in [0.29, 0.717) is 6.42 Å². The lowest BCUT2D eigenvalue weighted by molar-refractivity contribution is -0.403. The molecule has 38 unspecified atom stereocenters. The Morgan fingerprint density at radius 3 is 1.21 bits per heavy atom. The van der Waals surface area contributed by atoms with E-state index in [4.69, 9.17) is 66.3 Å². The van der Waals surface area contributed by atoms with Gasteiger partial charge < -0.3 is 210 Å². The Balaban J connectivity index is 1.24. The number of carbonyl (C=O) groups excluding carboxylic acids is 5. The van der Waals surface area contributed by atoms with Crippen molar-refractivity contribution in [1.29, 1.82) is 0 Å². The molecule has 0 aromatic heterocycles. The van der Waals surface area contributed by atoms with E-state index in [0.717, 1.165) is 98.3 Å². The highest BCUT2D eigenvalue weighted by molar-refractivity contribution is 5.79. The van der Waals surface area contributed by atoms with Crippen LogP contribution in [0.4, 0.5) is 0 Å². The summed E-state index contributed by atoms with van der Waals surface area (Å²) in [5, 5.41) is 275. The Morgan fingerprint density at radius 1 is 0.386 bits per heavy atom. The second kappa shape index (κ2) is 63.0. The number of aliphatic hydroxyl groups is 20. The van der Waals surface area contributed by atoms with Crippen molar-refractivity contribution in [2.24, 2.45) is 0 Å². The van der Waals surface area contributed by atoms with Gasteiger partial charge in [0.15, 0.2) is 25.2 Å². The first-order valence-corrected chi connectivity index (χ1v) is 51.1. The summed E-state index contributed by atoms with van der Waals surface area (Å²) in [5.74, 6) is -21.5. The number of allylic oxidation sites excluding steroid dienone is 1. The molecule has 7 heterocycles. The number of aliphatic hydroxyl groups excluding tert-OH is 20. The van der Waals surface area contributed by atoms with Crippen molar-refractivity contribution in [2.75, 3.05) is 52.9 Å². The highest BCUT2D eigenvalue weighted by atomic mass is 16.8. The Bertz CT molecular complexity index is 3840. The van der Waals surface area contributed by atoms with Gasteiger partial charge in [0.2, 0.25) is 29.5 Å². The van der Waals surface area contributed by atoms with Gasteiger partial charge in [0.1, 0.15) is 134 Å². The lowest BCUT2D eigenvalue weighted by Crippen LogP contribution is -2.72. The number of hydrogen-bond donors (Lipinski definition) is 28. The van der Waals surface area contributed by atoms with Crippen molar-refractivity contribution in [1.82, 2.24) is 26.6 Å². The van der Waals surface area contributed by atoms with Gasteiger partial charge in [0, 0.05) is 59.8 Å². The summed E-state index contributed by atoms with van der Waals surface area (Å²) >= 11 is 0. The van der Waals surface area contributed by atoms with Crippen LogP contribution in [0.15, 0.2) is 12.2 Å². The Labute approximate surface area is 842 Å².